The first kappa shape index (κ1) is 20.1. The number of hydrogen-bond acceptors (Lipinski definition) is 4. The normalized spacial score (nSPS) is 16.5. The van der Waals surface area contributed by atoms with Crippen LogP contribution in [0, 0.1) is 0 Å². The Morgan fingerprint density at radius 3 is 2.93 bits per heavy atom. The van der Waals surface area contributed by atoms with E-state index in [9.17, 15) is 9.59 Å². The van der Waals surface area contributed by atoms with Crippen LogP contribution in [-0.2, 0) is 4.74 Å². The van der Waals surface area contributed by atoms with Gasteiger partial charge < -0.3 is 24.3 Å². The molecule has 1 fully saturated rings. The van der Waals surface area contributed by atoms with Crippen molar-refractivity contribution in [3.8, 4) is 0 Å². The second kappa shape index (κ2) is 9.05. The Morgan fingerprint density at radius 2 is 2.18 bits per heavy atom. The number of carbonyl (C=O) groups is 2. The van der Waals surface area contributed by atoms with Crippen LogP contribution in [0.3, 0.4) is 0 Å². The summed E-state index contributed by atoms with van der Waals surface area (Å²) in [6.45, 7) is 4.48. The van der Waals surface area contributed by atoms with Crippen molar-refractivity contribution in [2.75, 3.05) is 40.4 Å². The molecule has 0 spiro atoms. The number of pyridine rings is 1. The number of likely N-dealkylation sites (tertiary alicyclic amines) is 1. The first-order chi connectivity index (χ1) is 13.5. The monoisotopic (exact) mass is 387 g/mol. The molecule has 3 heterocycles. The van der Waals surface area contributed by atoms with Gasteiger partial charge in [-0.2, -0.15) is 0 Å². The zero-order chi connectivity index (χ0) is 20.1. The third-order valence-corrected chi connectivity index (χ3v) is 4.93. The fourth-order valence-electron chi connectivity index (χ4n) is 3.59. The van der Waals surface area contributed by atoms with Gasteiger partial charge in [-0.05, 0) is 38.3 Å². The highest BCUT2D eigenvalue weighted by atomic mass is 16.5. The molecule has 152 valence electrons. The van der Waals surface area contributed by atoms with Crippen molar-refractivity contribution >= 4 is 17.5 Å². The Hall–Kier alpha value is -2.61. The molecule has 1 saturated heterocycles. The lowest BCUT2D eigenvalue weighted by molar-refractivity contribution is 0.0941. The maximum atomic E-state index is 12.7. The van der Waals surface area contributed by atoms with Gasteiger partial charge in [0.1, 0.15) is 5.82 Å². The SMILES string of the molecule is CCOCCCNC(=O)c1nc([C@H]2CCCN2C(=O)N(C)C)n2ccccc12. The smallest absolute Gasteiger partial charge is 0.320 e. The number of nitrogens with one attached hydrogen (secondary N) is 1. The summed E-state index contributed by atoms with van der Waals surface area (Å²) in [6.07, 6.45) is 4.42. The van der Waals surface area contributed by atoms with Gasteiger partial charge in [-0.1, -0.05) is 6.07 Å². The molecule has 0 radical (unpaired) electrons. The molecule has 28 heavy (non-hydrogen) atoms. The Morgan fingerprint density at radius 1 is 1.36 bits per heavy atom. The molecule has 1 aliphatic rings. The van der Waals surface area contributed by atoms with Gasteiger partial charge in [0.15, 0.2) is 5.69 Å². The van der Waals surface area contributed by atoms with E-state index in [1.807, 2.05) is 40.6 Å². The van der Waals surface area contributed by atoms with Crippen molar-refractivity contribution in [2.24, 2.45) is 0 Å². The Bertz CT molecular complexity index is 832. The highest BCUT2D eigenvalue weighted by Crippen LogP contribution is 2.33. The van der Waals surface area contributed by atoms with Crippen LogP contribution in [0.1, 0.15) is 48.5 Å². The van der Waals surface area contributed by atoms with E-state index in [2.05, 4.69) is 10.3 Å². The molecule has 3 amide bonds. The van der Waals surface area contributed by atoms with Crippen LogP contribution in [0.2, 0.25) is 0 Å². The molecule has 2 aromatic rings. The van der Waals surface area contributed by atoms with Gasteiger partial charge in [0.2, 0.25) is 0 Å². The van der Waals surface area contributed by atoms with Crippen molar-refractivity contribution in [1.82, 2.24) is 24.5 Å². The summed E-state index contributed by atoms with van der Waals surface area (Å²) in [6, 6.07) is 5.53. The van der Waals surface area contributed by atoms with Crippen LogP contribution in [0.15, 0.2) is 24.4 Å². The molecule has 8 heteroatoms. The first-order valence-electron chi connectivity index (χ1n) is 9.85. The number of amides is 3. The van der Waals surface area contributed by atoms with Gasteiger partial charge in [-0.25, -0.2) is 9.78 Å². The van der Waals surface area contributed by atoms with E-state index in [1.165, 1.54) is 0 Å². The van der Waals surface area contributed by atoms with E-state index < -0.39 is 0 Å². The average molecular weight is 387 g/mol. The topological polar surface area (TPSA) is 79.2 Å². The first-order valence-corrected chi connectivity index (χ1v) is 9.85. The number of ether oxygens (including phenoxy) is 1. The summed E-state index contributed by atoms with van der Waals surface area (Å²) in [5.74, 6) is 0.540. The van der Waals surface area contributed by atoms with Gasteiger partial charge >= 0.3 is 6.03 Å². The number of hydrogen-bond donors (Lipinski definition) is 1. The van der Waals surface area contributed by atoms with Crippen LogP contribution in [-0.4, -0.2) is 71.5 Å². The number of fused-ring (bicyclic) bond motifs is 1. The third-order valence-electron chi connectivity index (χ3n) is 4.93. The quantitative estimate of drug-likeness (QED) is 0.740. The lowest BCUT2D eigenvalue weighted by atomic mass is 10.2. The van der Waals surface area contributed by atoms with Gasteiger partial charge in [0.05, 0.1) is 11.6 Å². The molecule has 0 unspecified atom stereocenters. The minimum absolute atomic E-state index is 0.0305. The van der Waals surface area contributed by atoms with E-state index in [0.29, 0.717) is 32.0 Å². The summed E-state index contributed by atoms with van der Waals surface area (Å²) in [5.41, 5.74) is 1.15. The lowest BCUT2D eigenvalue weighted by Crippen LogP contribution is -2.39. The fourth-order valence-corrected chi connectivity index (χ4v) is 3.59. The molecule has 8 nitrogen and oxygen atoms in total. The van der Waals surface area contributed by atoms with E-state index in [0.717, 1.165) is 30.6 Å². The maximum Gasteiger partial charge on any atom is 0.320 e. The zero-order valence-corrected chi connectivity index (χ0v) is 16.9. The lowest BCUT2D eigenvalue weighted by Gasteiger charge is -2.27. The molecule has 1 atom stereocenters. The Labute approximate surface area is 165 Å². The van der Waals surface area contributed by atoms with Crippen molar-refractivity contribution in [1.29, 1.82) is 0 Å². The van der Waals surface area contributed by atoms with E-state index in [4.69, 9.17) is 4.74 Å². The number of imidazole rings is 1. The van der Waals surface area contributed by atoms with Crippen molar-refractivity contribution in [3.05, 3.63) is 35.9 Å². The highest BCUT2D eigenvalue weighted by Gasteiger charge is 2.34. The minimum atomic E-state index is -0.199. The van der Waals surface area contributed by atoms with Crippen molar-refractivity contribution < 1.29 is 14.3 Å². The van der Waals surface area contributed by atoms with Gasteiger partial charge in [0.25, 0.3) is 5.91 Å². The molecular formula is C20H29N5O3. The van der Waals surface area contributed by atoms with Crippen LogP contribution in [0.4, 0.5) is 4.79 Å². The molecule has 0 saturated carbocycles. The fraction of sp³-hybridized carbons (Fsp3) is 0.550. The largest absolute Gasteiger partial charge is 0.382 e. The van der Waals surface area contributed by atoms with Crippen molar-refractivity contribution in [2.45, 2.75) is 32.2 Å². The van der Waals surface area contributed by atoms with Gasteiger partial charge in [-0.15, -0.1) is 0 Å². The Kier molecular flexibility index (Phi) is 6.51. The van der Waals surface area contributed by atoms with Gasteiger partial charge in [-0.3, -0.25) is 4.79 Å². The van der Waals surface area contributed by atoms with Crippen LogP contribution >= 0.6 is 0 Å². The summed E-state index contributed by atoms with van der Waals surface area (Å²) in [5, 5.41) is 2.92. The standard InChI is InChI=1S/C20H29N5O3/c1-4-28-14-8-11-21-19(26)17-15-9-5-6-12-24(15)18(22-17)16-10-7-13-25(16)20(27)23(2)3/h5-6,9,12,16H,4,7-8,10-11,13-14H2,1-3H3,(H,21,26)/t16-/m1/s1. The van der Waals surface area contributed by atoms with Crippen LogP contribution in [0.25, 0.3) is 5.52 Å². The minimum Gasteiger partial charge on any atom is -0.382 e. The molecular weight excluding hydrogens is 358 g/mol. The number of nitrogens with zero attached hydrogens (tertiary/aromatic N) is 4. The summed E-state index contributed by atoms with van der Waals surface area (Å²) in [7, 11) is 3.50. The van der Waals surface area contributed by atoms with Gasteiger partial charge in [0, 0.05) is 46.6 Å². The van der Waals surface area contributed by atoms with E-state index >= 15 is 0 Å². The van der Waals surface area contributed by atoms with E-state index in [1.54, 1.807) is 19.0 Å². The Balaban J connectivity index is 1.84. The van der Waals surface area contributed by atoms with Crippen LogP contribution in [0.5, 0.6) is 0 Å². The third kappa shape index (κ3) is 4.11. The molecule has 0 bridgehead atoms. The maximum absolute atomic E-state index is 12.7. The molecule has 0 aliphatic carbocycles. The predicted molar refractivity (Wildman–Crippen MR) is 106 cm³/mol. The number of carbonyl (C=O) groups excluding carboxylic acids is 2. The number of rotatable bonds is 7. The van der Waals surface area contributed by atoms with Crippen molar-refractivity contribution in [3.63, 3.8) is 0 Å². The average Bonchev–Trinajstić information content (AvgIpc) is 3.31. The molecule has 2 aromatic heterocycles. The molecule has 0 aromatic carbocycles. The summed E-state index contributed by atoms with van der Waals surface area (Å²) in [4.78, 5) is 33.4. The predicted octanol–water partition coefficient (Wildman–Crippen LogP) is 2.31. The molecule has 1 N–H and O–H groups in total. The highest BCUT2D eigenvalue weighted by molar-refractivity contribution is 5.99. The van der Waals surface area contributed by atoms with Crippen LogP contribution < -0.4 is 5.32 Å². The second-order valence-corrected chi connectivity index (χ2v) is 7.11. The second-order valence-electron chi connectivity index (χ2n) is 7.11. The molecule has 3 rings (SSSR count). The zero-order valence-electron chi connectivity index (χ0n) is 16.9. The van der Waals surface area contributed by atoms with E-state index in [-0.39, 0.29) is 18.0 Å². The molecule has 1 aliphatic heterocycles. The number of aromatic nitrogens is 2. The summed E-state index contributed by atoms with van der Waals surface area (Å²) >= 11 is 0. The summed E-state index contributed by atoms with van der Waals surface area (Å²) < 4.78 is 7.24. The number of urea groups is 1.